The second-order valence-electron chi connectivity index (χ2n) is 15.9. The van der Waals surface area contributed by atoms with Gasteiger partial charge in [0.15, 0.2) is 0 Å². The Hall–Kier alpha value is -2.96. The fourth-order valence-corrected chi connectivity index (χ4v) is 11.8. The van der Waals surface area contributed by atoms with Crippen molar-refractivity contribution in [1.82, 2.24) is 14.6 Å². The summed E-state index contributed by atoms with van der Waals surface area (Å²) in [6, 6.07) is 11.6. The summed E-state index contributed by atoms with van der Waals surface area (Å²) in [5.41, 5.74) is 6.01. The van der Waals surface area contributed by atoms with E-state index < -0.39 is 26.8 Å². The van der Waals surface area contributed by atoms with E-state index in [-0.39, 0.29) is 17.3 Å². The number of hydrogen-bond acceptors (Lipinski definition) is 9. The molecule has 9 nitrogen and oxygen atoms in total. The minimum absolute atomic E-state index is 0.226. The molecule has 5 aliphatic rings. The van der Waals surface area contributed by atoms with Gasteiger partial charge in [0.2, 0.25) is 10.0 Å². The second kappa shape index (κ2) is 14.0. The number of benzene rings is 2. The Labute approximate surface area is 316 Å². The van der Waals surface area contributed by atoms with Gasteiger partial charge in [0.05, 0.1) is 28.7 Å². The van der Waals surface area contributed by atoms with Crippen LogP contribution in [0.3, 0.4) is 0 Å². The van der Waals surface area contributed by atoms with E-state index >= 15 is 0 Å². The number of ether oxygens (including phenoxy) is 2. The number of rotatable bonds is 3. The normalized spacial score (nSPS) is 32.3. The summed E-state index contributed by atoms with van der Waals surface area (Å²) < 4.78 is 43.0. The summed E-state index contributed by atoms with van der Waals surface area (Å²) in [6.45, 7) is 8.13. The van der Waals surface area contributed by atoms with Crippen LogP contribution in [0.5, 0.6) is 5.75 Å². The number of allylic oxidation sites excluding steroid dienone is 1. The maximum atomic E-state index is 13.6. The van der Waals surface area contributed by atoms with Crippen LogP contribution in [0.4, 0.5) is 5.69 Å². The molecule has 52 heavy (non-hydrogen) atoms. The molecule has 4 heterocycles. The van der Waals surface area contributed by atoms with Crippen LogP contribution in [0, 0.1) is 17.8 Å². The van der Waals surface area contributed by atoms with Crippen molar-refractivity contribution in [2.45, 2.75) is 81.6 Å². The SMILES string of the molecule is CO[C@@]1(CN2CCc3ncsc3C2)/C=C/C[C@H](C)[C@@H](C)S(=O)(=O)NC(=O)c2ccc3c(c2)N(C[C@@H]2CC[C@H]21)C[C@@]1(CCCc2cc(Cl)ccc21)CO3. The number of thiazole rings is 1. The van der Waals surface area contributed by atoms with E-state index in [9.17, 15) is 13.2 Å². The van der Waals surface area contributed by atoms with E-state index in [1.807, 2.05) is 37.7 Å². The van der Waals surface area contributed by atoms with Crippen molar-refractivity contribution in [2.24, 2.45) is 17.8 Å². The quantitative estimate of drug-likeness (QED) is 0.292. The van der Waals surface area contributed by atoms with Gasteiger partial charge in [-0.2, -0.15) is 0 Å². The third-order valence-corrected chi connectivity index (χ3v) is 15.8. The number of amides is 1. The summed E-state index contributed by atoms with van der Waals surface area (Å²) >= 11 is 8.23. The van der Waals surface area contributed by atoms with E-state index in [4.69, 9.17) is 21.1 Å². The monoisotopic (exact) mass is 764 g/mol. The first-order valence-electron chi connectivity index (χ1n) is 18.7. The summed E-state index contributed by atoms with van der Waals surface area (Å²) in [4.78, 5) is 24.5. The van der Waals surface area contributed by atoms with Crippen LogP contribution < -0.4 is 14.4 Å². The molecule has 3 aromatic rings. The zero-order valence-corrected chi connectivity index (χ0v) is 32.7. The molecule has 0 unspecified atom stereocenters. The van der Waals surface area contributed by atoms with Crippen LogP contribution in [0.1, 0.15) is 78.0 Å². The molecule has 0 radical (unpaired) electrons. The van der Waals surface area contributed by atoms with Gasteiger partial charge in [-0.1, -0.05) is 36.7 Å². The highest BCUT2D eigenvalue weighted by Gasteiger charge is 2.50. The fourth-order valence-electron chi connectivity index (χ4n) is 9.46. The lowest BCUT2D eigenvalue weighted by Gasteiger charge is -2.52. The molecule has 8 rings (SSSR count). The van der Waals surface area contributed by atoms with Gasteiger partial charge in [0.1, 0.15) is 11.4 Å². The lowest BCUT2D eigenvalue weighted by Crippen LogP contribution is -2.57. The lowest BCUT2D eigenvalue weighted by atomic mass is 9.63. The number of halogens is 1. The van der Waals surface area contributed by atoms with Crippen molar-refractivity contribution in [1.29, 1.82) is 0 Å². The van der Waals surface area contributed by atoms with E-state index in [1.54, 1.807) is 24.3 Å². The number of hydrogen-bond donors (Lipinski definition) is 1. The molecule has 2 aromatic carbocycles. The largest absolute Gasteiger partial charge is 0.490 e. The van der Waals surface area contributed by atoms with Crippen LogP contribution in [0.2, 0.25) is 5.02 Å². The van der Waals surface area contributed by atoms with Crippen LogP contribution >= 0.6 is 22.9 Å². The predicted molar refractivity (Wildman–Crippen MR) is 206 cm³/mol. The molecule has 1 amide bonds. The van der Waals surface area contributed by atoms with Gasteiger partial charge in [0.25, 0.3) is 5.91 Å². The van der Waals surface area contributed by atoms with Crippen LogP contribution in [0.15, 0.2) is 54.1 Å². The Morgan fingerprint density at radius 1 is 1.15 bits per heavy atom. The highest BCUT2D eigenvalue weighted by molar-refractivity contribution is 7.90. The summed E-state index contributed by atoms with van der Waals surface area (Å²) in [5, 5.41) is -0.0378. The number of carbonyl (C=O) groups excluding carboxylic acids is 1. The van der Waals surface area contributed by atoms with Crippen molar-refractivity contribution in [2.75, 3.05) is 44.8 Å². The molecule has 3 aliphatic heterocycles. The molecule has 12 heteroatoms. The van der Waals surface area contributed by atoms with Gasteiger partial charge in [-0.25, -0.2) is 18.1 Å². The van der Waals surface area contributed by atoms with Crippen molar-refractivity contribution in [3.05, 3.63) is 86.3 Å². The molecule has 1 saturated carbocycles. The van der Waals surface area contributed by atoms with Gasteiger partial charge in [-0.15, -0.1) is 11.3 Å². The van der Waals surface area contributed by atoms with Crippen LogP contribution in [-0.4, -0.2) is 75.0 Å². The van der Waals surface area contributed by atoms with Crippen molar-refractivity contribution >= 4 is 44.6 Å². The topological polar surface area (TPSA) is 101 Å². The molecule has 1 aromatic heterocycles. The van der Waals surface area contributed by atoms with Crippen molar-refractivity contribution in [3.8, 4) is 5.75 Å². The highest BCUT2D eigenvalue weighted by atomic mass is 35.5. The van der Waals surface area contributed by atoms with Gasteiger partial charge < -0.3 is 14.4 Å². The Bertz CT molecular complexity index is 1990. The average Bonchev–Trinajstić information content (AvgIpc) is 3.53. The van der Waals surface area contributed by atoms with Crippen LogP contribution in [-0.2, 0) is 39.6 Å². The molecule has 0 saturated heterocycles. The number of aromatic nitrogens is 1. The maximum absolute atomic E-state index is 13.6. The summed E-state index contributed by atoms with van der Waals surface area (Å²) in [6.07, 6.45) is 10.9. The predicted octanol–water partition coefficient (Wildman–Crippen LogP) is 6.78. The zero-order valence-electron chi connectivity index (χ0n) is 30.3. The second-order valence-corrected chi connectivity index (χ2v) is 19.3. The smallest absolute Gasteiger partial charge is 0.264 e. The number of carbonyl (C=O) groups is 1. The number of aryl methyl sites for hydroxylation is 1. The molecule has 2 bridgehead atoms. The number of fused-ring (bicyclic) bond motifs is 5. The summed E-state index contributed by atoms with van der Waals surface area (Å²) in [5.74, 6) is 0.436. The maximum Gasteiger partial charge on any atom is 0.264 e. The van der Waals surface area contributed by atoms with E-state index in [2.05, 4.69) is 43.8 Å². The third-order valence-electron chi connectivity index (χ3n) is 12.8. The van der Waals surface area contributed by atoms with E-state index in [1.165, 1.54) is 21.7 Å². The first kappa shape index (κ1) is 36.0. The van der Waals surface area contributed by atoms with Crippen molar-refractivity contribution < 1.29 is 22.7 Å². The molecule has 1 spiro atoms. The number of nitrogens with zero attached hydrogens (tertiary/aromatic N) is 3. The average molecular weight is 765 g/mol. The van der Waals surface area contributed by atoms with Gasteiger partial charge in [0, 0.05) is 67.1 Å². The molecular weight excluding hydrogens is 716 g/mol. The minimum Gasteiger partial charge on any atom is -0.490 e. The molecule has 278 valence electrons. The first-order valence-corrected chi connectivity index (χ1v) is 21.5. The summed E-state index contributed by atoms with van der Waals surface area (Å²) in [7, 11) is -2.12. The zero-order chi connectivity index (χ0) is 36.3. The Morgan fingerprint density at radius 3 is 2.83 bits per heavy atom. The minimum atomic E-state index is -3.96. The Kier molecular flexibility index (Phi) is 9.72. The number of methoxy groups -OCH3 is 1. The number of anilines is 1. The standard InChI is InChI=1S/C40H49ClN4O5S2/c1-26-6-4-16-40(49-3,23-44-17-14-34-37(21-44)51-25-42-34)33-11-8-30(33)20-45-22-39(15-5-7-28-18-31(41)10-12-32(28)39)24-50-36-13-9-29(19-35(36)45)38(46)43-52(47,48)27(26)2/h4,9-10,12-13,16,18-19,25-27,30,33H,5-8,11,14-15,17,20-24H2,1-3H3,(H,43,46)/b16-4+/t26-,27+,30-,33+,39-,40+/m0/s1. The molecule has 1 fully saturated rings. The first-order chi connectivity index (χ1) is 25.0. The lowest BCUT2D eigenvalue weighted by molar-refractivity contribution is -0.0931. The van der Waals surface area contributed by atoms with Gasteiger partial charge in [-0.05, 0) is 105 Å². The molecule has 6 atom stereocenters. The van der Waals surface area contributed by atoms with Crippen LogP contribution in [0.25, 0.3) is 0 Å². The molecule has 2 aliphatic carbocycles. The third kappa shape index (κ3) is 6.59. The van der Waals surface area contributed by atoms with Gasteiger partial charge >= 0.3 is 0 Å². The molecule has 1 N–H and O–H groups in total. The van der Waals surface area contributed by atoms with Crippen molar-refractivity contribution in [3.63, 3.8) is 0 Å². The Morgan fingerprint density at radius 2 is 2.02 bits per heavy atom. The van der Waals surface area contributed by atoms with E-state index in [0.717, 1.165) is 75.4 Å². The number of sulfonamides is 1. The fraction of sp³-hybridized carbons (Fsp3) is 0.550. The Balaban J connectivity index is 1.20. The molecular formula is C40H49ClN4O5S2. The van der Waals surface area contributed by atoms with E-state index in [0.29, 0.717) is 36.8 Å². The highest BCUT2D eigenvalue weighted by Crippen LogP contribution is 2.49. The number of nitrogens with one attached hydrogen (secondary N) is 1. The van der Waals surface area contributed by atoms with Gasteiger partial charge in [-0.3, -0.25) is 9.69 Å².